The van der Waals surface area contributed by atoms with Crippen LogP contribution in [0.1, 0.15) is 25.3 Å². The van der Waals surface area contributed by atoms with Crippen molar-refractivity contribution in [3.05, 3.63) is 23.8 Å². The van der Waals surface area contributed by atoms with Crippen LogP contribution >= 0.6 is 0 Å². The van der Waals surface area contributed by atoms with Crippen LogP contribution in [0.4, 0.5) is 0 Å². The molecule has 0 aromatic heterocycles. The molecule has 2 unspecified atom stereocenters. The van der Waals surface area contributed by atoms with E-state index in [1.807, 2.05) is 6.07 Å². The molecule has 1 heterocycles. The van der Waals surface area contributed by atoms with Crippen molar-refractivity contribution in [2.45, 2.75) is 32.4 Å². The van der Waals surface area contributed by atoms with E-state index in [2.05, 4.69) is 24.0 Å². The minimum atomic E-state index is 0.357. The molecule has 4 heteroatoms. The van der Waals surface area contributed by atoms with Gasteiger partial charge in [-0.25, -0.2) is 0 Å². The Labute approximate surface area is 121 Å². The molecule has 1 saturated heterocycles. The number of likely N-dealkylation sites (tertiary alicyclic amines) is 1. The molecule has 112 valence electrons. The molecular weight excluding hydrogens is 252 g/mol. The number of ether oxygens (including phenoxy) is 2. The van der Waals surface area contributed by atoms with E-state index in [1.165, 1.54) is 5.56 Å². The molecule has 0 radical (unpaired) electrons. The highest BCUT2D eigenvalue weighted by Crippen LogP contribution is 2.25. The first-order valence-corrected chi connectivity index (χ1v) is 7.36. The second-order valence-corrected chi connectivity index (χ2v) is 5.58. The van der Waals surface area contributed by atoms with E-state index in [-0.39, 0.29) is 0 Å². The average molecular weight is 278 g/mol. The second kappa shape index (κ2) is 6.95. The number of methoxy groups -OCH3 is 2. The van der Waals surface area contributed by atoms with Crippen LogP contribution in [0.25, 0.3) is 0 Å². The van der Waals surface area contributed by atoms with E-state index < -0.39 is 0 Å². The normalized spacial score (nSPS) is 23.6. The van der Waals surface area contributed by atoms with Gasteiger partial charge in [-0.05, 0) is 36.6 Å². The molecule has 1 fully saturated rings. The van der Waals surface area contributed by atoms with Crippen LogP contribution in [-0.4, -0.2) is 38.3 Å². The van der Waals surface area contributed by atoms with E-state index in [1.54, 1.807) is 14.2 Å². The minimum Gasteiger partial charge on any atom is -0.497 e. The van der Waals surface area contributed by atoms with Gasteiger partial charge >= 0.3 is 0 Å². The Morgan fingerprint density at radius 3 is 2.40 bits per heavy atom. The Morgan fingerprint density at radius 1 is 1.20 bits per heavy atom. The average Bonchev–Trinajstić information content (AvgIpc) is 2.48. The quantitative estimate of drug-likeness (QED) is 0.897. The lowest BCUT2D eigenvalue weighted by Crippen LogP contribution is -2.46. The van der Waals surface area contributed by atoms with Crippen molar-refractivity contribution in [3.8, 4) is 11.5 Å². The van der Waals surface area contributed by atoms with Crippen molar-refractivity contribution in [3.63, 3.8) is 0 Å². The minimum absolute atomic E-state index is 0.357. The highest BCUT2D eigenvalue weighted by molar-refractivity contribution is 5.38. The lowest BCUT2D eigenvalue weighted by molar-refractivity contribution is 0.145. The maximum Gasteiger partial charge on any atom is 0.122 e. The number of benzene rings is 1. The molecule has 2 rings (SSSR count). The van der Waals surface area contributed by atoms with E-state index in [4.69, 9.17) is 15.2 Å². The smallest absolute Gasteiger partial charge is 0.122 e. The van der Waals surface area contributed by atoms with Crippen LogP contribution in [0.3, 0.4) is 0 Å². The highest BCUT2D eigenvalue weighted by atomic mass is 16.5. The fourth-order valence-electron chi connectivity index (χ4n) is 2.92. The molecule has 20 heavy (non-hydrogen) atoms. The van der Waals surface area contributed by atoms with E-state index >= 15 is 0 Å². The molecule has 0 spiro atoms. The van der Waals surface area contributed by atoms with Crippen LogP contribution in [-0.2, 0) is 6.54 Å². The summed E-state index contributed by atoms with van der Waals surface area (Å²) in [5.74, 6) is 2.30. The van der Waals surface area contributed by atoms with Gasteiger partial charge in [0.1, 0.15) is 11.5 Å². The van der Waals surface area contributed by atoms with Gasteiger partial charge in [0.2, 0.25) is 0 Å². The summed E-state index contributed by atoms with van der Waals surface area (Å²) in [7, 11) is 3.37. The molecular formula is C16H26N2O2. The molecule has 0 amide bonds. The van der Waals surface area contributed by atoms with Crippen LogP contribution in [0, 0.1) is 5.92 Å². The van der Waals surface area contributed by atoms with Crippen LogP contribution in [0.2, 0.25) is 0 Å². The van der Waals surface area contributed by atoms with Gasteiger partial charge in [-0.3, -0.25) is 4.90 Å². The van der Waals surface area contributed by atoms with Gasteiger partial charge in [0.15, 0.2) is 0 Å². The van der Waals surface area contributed by atoms with Crippen molar-refractivity contribution in [1.82, 2.24) is 4.90 Å². The maximum atomic E-state index is 6.17. The van der Waals surface area contributed by atoms with Gasteiger partial charge in [-0.2, -0.15) is 0 Å². The number of hydrogen-bond donors (Lipinski definition) is 1. The predicted molar refractivity (Wildman–Crippen MR) is 81.2 cm³/mol. The summed E-state index contributed by atoms with van der Waals surface area (Å²) in [6.07, 6.45) is 2.23. The van der Waals surface area contributed by atoms with Crippen molar-refractivity contribution in [2.24, 2.45) is 11.7 Å². The zero-order valence-corrected chi connectivity index (χ0v) is 12.8. The summed E-state index contributed by atoms with van der Waals surface area (Å²) < 4.78 is 10.7. The molecule has 4 nitrogen and oxygen atoms in total. The summed E-state index contributed by atoms with van der Waals surface area (Å²) in [4.78, 5) is 2.48. The number of nitrogens with zero attached hydrogens (tertiary/aromatic N) is 1. The lowest BCUT2D eigenvalue weighted by atomic mass is 9.90. The number of piperidine rings is 1. The summed E-state index contributed by atoms with van der Waals surface area (Å²) in [5.41, 5.74) is 7.40. The van der Waals surface area contributed by atoms with E-state index in [9.17, 15) is 0 Å². The number of nitrogens with two attached hydrogens (primary N) is 1. The SMILES string of the molecule is CCC1CN(Cc2cc(OC)cc(OC)c2)CCC1N. The Hall–Kier alpha value is -1.26. The Bertz CT molecular complexity index is 414. The molecule has 2 atom stereocenters. The van der Waals surface area contributed by atoms with Crippen molar-refractivity contribution in [2.75, 3.05) is 27.3 Å². The first-order valence-electron chi connectivity index (χ1n) is 7.36. The summed E-state index contributed by atoms with van der Waals surface area (Å²) in [6, 6.07) is 6.43. The van der Waals surface area contributed by atoms with Gasteiger partial charge in [-0.1, -0.05) is 13.3 Å². The highest BCUT2D eigenvalue weighted by Gasteiger charge is 2.25. The Morgan fingerprint density at radius 2 is 1.85 bits per heavy atom. The van der Waals surface area contributed by atoms with Gasteiger partial charge in [0.05, 0.1) is 14.2 Å². The summed E-state index contributed by atoms with van der Waals surface area (Å²) in [6.45, 7) is 5.30. The van der Waals surface area contributed by atoms with Crippen molar-refractivity contribution in [1.29, 1.82) is 0 Å². The molecule has 1 aromatic carbocycles. The van der Waals surface area contributed by atoms with Crippen molar-refractivity contribution < 1.29 is 9.47 Å². The summed E-state index contributed by atoms with van der Waals surface area (Å²) >= 11 is 0. The molecule has 0 bridgehead atoms. The first kappa shape index (κ1) is 15.1. The Kier molecular flexibility index (Phi) is 5.26. The monoisotopic (exact) mass is 278 g/mol. The van der Waals surface area contributed by atoms with Crippen LogP contribution in [0.15, 0.2) is 18.2 Å². The predicted octanol–water partition coefficient (Wildman–Crippen LogP) is 2.26. The largest absolute Gasteiger partial charge is 0.497 e. The topological polar surface area (TPSA) is 47.7 Å². The number of rotatable bonds is 5. The third-order valence-electron chi connectivity index (χ3n) is 4.22. The maximum absolute atomic E-state index is 6.17. The molecule has 0 saturated carbocycles. The summed E-state index contributed by atoms with van der Waals surface area (Å²) in [5, 5.41) is 0. The first-order chi connectivity index (χ1) is 9.66. The number of hydrogen-bond acceptors (Lipinski definition) is 4. The molecule has 2 N–H and O–H groups in total. The second-order valence-electron chi connectivity index (χ2n) is 5.58. The molecule has 0 aliphatic carbocycles. The van der Waals surface area contributed by atoms with Crippen molar-refractivity contribution >= 4 is 0 Å². The van der Waals surface area contributed by atoms with E-state index in [0.717, 1.165) is 44.0 Å². The van der Waals surface area contributed by atoms with Gasteiger partial charge in [-0.15, -0.1) is 0 Å². The fourth-order valence-corrected chi connectivity index (χ4v) is 2.92. The Balaban J connectivity index is 2.06. The molecule has 1 aliphatic heterocycles. The zero-order valence-electron chi connectivity index (χ0n) is 12.8. The third-order valence-corrected chi connectivity index (χ3v) is 4.22. The van der Waals surface area contributed by atoms with Gasteiger partial charge < -0.3 is 15.2 Å². The lowest BCUT2D eigenvalue weighted by Gasteiger charge is -2.36. The molecule has 1 aliphatic rings. The fraction of sp³-hybridized carbons (Fsp3) is 0.625. The van der Waals surface area contributed by atoms with Gasteiger partial charge in [0, 0.05) is 25.2 Å². The standard InChI is InChI=1S/C16H26N2O2/c1-4-13-11-18(6-5-16(13)17)10-12-7-14(19-2)9-15(8-12)20-3/h7-9,13,16H,4-6,10-11,17H2,1-3H3. The van der Waals surface area contributed by atoms with Crippen LogP contribution < -0.4 is 15.2 Å². The van der Waals surface area contributed by atoms with Gasteiger partial charge in [0.25, 0.3) is 0 Å². The third kappa shape index (κ3) is 3.64. The van der Waals surface area contributed by atoms with E-state index in [0.29, 0.717) is 12.0 Å². The molecule has 1 aromatic rings. The van der Waals surface area contributed by atoms with Crippen LogP contribution in [0.5, 0.6) is 11.5 Å². The zero-order chi connectivity index (χ0) is 14.5.